The third-order valence-electron chi connectivity index (χ3n) is 5.54. The van der Waals surface area contributed by atoms with Gasteiger partial charge in [0.25, 0.3) is 11.5 Å². The number of aromatic amines is 1. The molecule has 2 aliphatic rings. The van der Waals surface area contributed by atoms with E-state index in [1.165, 1.54) is 32.1 Å². The fourth-order valence-corrected chi connectivity index (χ4v) is 3.88. The lowest BCUT2D eigenvalue weighted by Gasteiger charge is -2.23. The van der Waals surface area contributed by atoms with E-state index in [1.807, 2.05) is 0 Å². The van der Waals surface area contributed by atoms with E-state index in [2.05, 4.69) is 10.3 Å². The van der Waals surface area contributed by atoms with Crippen LogP contribution in [0.1, 0.15) is 63.9 Å². The van der Waals surface area contributed by atoms with E-state index < -0.39 is 54.1 Å². The van der Waals surface area contributed by atoms with Gasteiger partial charge in [-0.05, 0) is 25.7 Å². The van der Waals surface area contributed by atoms with Crippen molar-refractivity contribution in [1.29, 1.82) is 5.41 Å². The second-order valence-corrected chi connectivity index (χ2v) is 8.19. The smallest absolute Gasteiger partial charge is 0.389 e. The summed E-state index contributed by atoms with van der Waals surface area (Å²) in [4.78, 5) is 39.9. The third-order valence-corrected chi connectivity index (χ3v) is 5.54. The zero-order valence-corrected chi connectivity index (χ0v) is 18.3. The first kappa shape index (κ1) is 26.1. The number of nitrogens with zero attached hydrogens (tertiary/aromatic N) is 2. The van der Waals surface area contributed by atoms with E-state index >= 15 is 0 Å². The van der Waals surface area contributed by atoms with Gasteiger partial charge in [0.2, 0.25) is 5.88 Å². The number of hydrogen-bond donors (Lipinski definition) is 5. The molecule has 1 saturated carbocycles. The number of aromatic hydroxyl groups is 1. The molecule has 1 unspecified atom stereocenters. The summed E-state index contributed by atoms with van der Waals surface area (Å²) in [5, 5.41) is 19.6. The van der Waals surface area contributed by atoms with E-state index in [0.717, 1.165) is 12.3 Å². The molecule has 6 N–H and O–H groups in total. The van der Waals surface area contributed by atoms with Gasteiger partial charge in [0.15, 0.2) is 0 Å². The Bertz CT molecular complexity index is 1010. The maximum atomic E-state index is 12.0. The molecule has 1 aliphatic heterocycles. The zero-order valence-electron chi connectivity index (χ0n) is 18.3. The van der Waals surface area contributed by atoms with Crippen molar-refractivity contribution < 1.29 is 23.1 Å². The summed E-state index contributed by atoms with van der Waals surface area (Å²) in [5.74, 6) is -0.902. The molecule has 10 nitrogen and oxygen atoms in total. The van der Waals surface area contributed by atoms with Crippen LogP contribution in [0.25, 0.3) is 0 Å². The first-order valence-corrected chi connectivity index (χ1v) is 10.7. The van der Waals surface area contributed by atoms with Crippen LogP contribution >= 0.6 is 0 Å². The summed E-state index contributed by atoms with van der Waals surface area (Å²) < 4.78 is 36.4. The molecule has 13 heteroatoms. The van der Waals surface area contributed by atoms with Gasteiger partial charge in [0.05, 0.1) is 5.71 Å². The van der Waals surface area contributed by atoms with Crippen LogP contribution in [0.15, 0.2) is 14.6 Å². The summed E-state index contributed by atoms with van der Waals surface area (Å²) in [6.45, 7) is 1.33. The minimum Gasteiger partial charge on any atom is -0.494 e. The Kier molecular flexibility index (Phi) is 8.83. The Balaban J connectivity index is 0.000000243. The van der Waals surface area contributed by atoms with Crippen molar-refractivity contribution in [2.24, 2.45) is 16.6 Å². The Morgan fingerprint density at radius 2 is 1.88 bits per heavy atom. The van der Waals surface area contributed by atoms with Gasteiger partial charge in [0.1, 0.15) is 17.6 Å². The molecule has 184 valence electrons. The number of carbonyl (C=O) groups is 1. The summed E-state index contributed by atoms with van der Waals surface area (Å²) in [5.41, 5.74) is 2.91. The number of nitrogens with two attached hydrogens (primary N) is 1. The van der Waals surface area contributed by atoms with Gasteiger partial charge in [0, 0.05) is 13.0 Å². The van der Waals surface area contributed by atoms with Gasteiger partial charge in [-0.2, -0.15) is 13.2 Å². The van der Waals surface area contributed by atoms with Crippen molar-refractivity contribution in [3.63, 3.8) is 0 Å². The number of hydrogen-bond acceptors (Lipinski definition) is 6. The summed E-state index contributed by atoms with van der Waals surface area (Å²) >= 11 is 0. The highest BCUT2D eigenvalue weighted by Gasteiger charge is 2.27. The number of H-pyrrole nitrogens is 1. The minimum absolute atomic E-state index is 0.0193. The molecule has 33 heavy (non-hydrogen) atoms. The molecule has 1 amide bonds. The van der Waals surface area contributed by atoms with Crippen LogP contribution in [0.4, 0.5) is 13.2 Å². The average Bonchev–Trinajstić information content (AvgIpc) is 3.01. The first-order valence-electron chi connectivity index (χ1n) is 10.7. The van der Waals surface area contributed by atoms with Gasteiger partial charge in [-0.15, -0.1) is 0 Å². The predicted octanol–water partition coefficient (Wildman–Crippen LogP) is 1.74. The molecule has 0 radical (unpaired) electrons. The number of alkyl halides is 3. The average molecular weight is 474 g/mol. The number of amidine groups is 1. The van der Waals surface area contributed by atoms with Crippen molar-refractivity contribution in [2.45, 2.75) is 77.2 Å². The van der Waals surface area contributed by atoms with Crippen LogP contribution in [0.2, 0.25) is 0 Å². The molecule has 1 aliphatic carbocycles. The highest BCUT2D eigenvalue weighted by Crippen LogP contribution is 2.28. The molecule has 0 saturated heterocycles. The van der Waals surface area contributed by atoms with Gasteiger partial charge in [-0.1, -0.05) is 32.1 Å². The lowest BCUT2D eigenvalue weighted by Crippen LogP contribution is -2.35. The molecule has 2 heterocycles. The van der Waals surface area contributed by atoms with E-state index in [0.29, 0.717) is 10.3 Å². The Morgan fingerprint density at radius 1 is 1.24 bits per heavy atom. The lowest BCUT2D eigenvalue weighted by atomic mass is 9.86. The van der Waals surface area contributed by atoms with E-state index in [1.54, 1.807) is 11.9 Å². The highest BCUT2D eigenvalue weighted by molar-refractivity contribution is 6.39. The van der Waals surface area contributed by atoms with E-state index in [-0.39, 0.29) is 12.1 Å². The normalized spacial score (nSPS) is 18.8. The maximum absolute atomic E-state index is 12.0. The number of carbonyl (C=O) groups excluding carboxylic acids is 1. The van der Waals surface area contributed by atoms with Crippen molar-refractivity contribution in [1.82, 2.24) is 14.9 Å². The van der Waals surface area contributed by atoms with Crippen molar-refractivity contribution in [3.8, 4) is 5.88 Å². The fourth-order valence-electron chi connectivity index (χ4n) is 3.88. The predicted molar refractivity (Wildman–Crippen MR) is 116 cm³/mol. The quantitative estimate of drug-likeness (QED) is 0.312. The first-order chi connectivity index (χ1) is 15.4. The maximum Gasteiger partial charge on any atom is 0.389 e. The molecular formula is C20H29F3N6O4. The number of amides is 1. The van der Waals surface area contributed by atoms with Crippen LogP contribution in [0.3, 0.4) is 0 Å². The summed E-state index contributed by atoms with van der Waals surface area (Å²) in [6, 6.07) is 0. The number of nitrogen functional groups attached to an aromatic ring is 1. The topological polar surface area (TPSA) is 166 Å². The molecule has 0 bridgehead atoms. The van der Waals surface area contributed by atoms with Gasteiger partial charge < -0.3 is 16.2 Å². The van der Waals surface area contributed by atoms with Crippen LogP contribution in [-0.2, 0) is 11.3 Å². The van der Waals surface area contributed by atoms with E-state index in [9.17, 15) is 32.7 Å². The molecule has 1 aromatic rings. The van der Waals surface area contributed by atoms with Crippen LogP contribution in [-0.4, -0.2) is 44.5 Å². The highest BCUT2D eigenvalue weighted by atomic mass is 19.4. The second-order valence-electron chi connectivity index (χ2n) is 8.19. The Hall–Kier alpha value is -3.12. The number of aliphatic imine (C=N–C) groups is 1. The van der Waals surface area contributed by atoms with Gasteiger partial charge in [-0.25, -0.2) is 4.79 Å². The summed E-state index contributed by atoms with van der Waals surface area (Å²) in [6.07, 6.45) is 1.87. The van der Waals surface area contributed by atoms with E-state index in [4.69, 9.17) is 11.1 Å². The molecule has 1 atom stereocenters. The van der Waals surface area contributed by atoms with Gasteiger partial charge in [-0.3, -0.25) is 29.5 Å². The SMILES string of the molecule is CC1=NC(CC2CCCCC2)NC1=O.N=C(N)c1c(O)n(CCCC(F)(F)F)c(=O)[nH]c1=O. The molecule has 1 aromatic heterocycles. The molecule has 0 aromatic carbocycles. The van der Waals surface area contributed by atoms with Crippen molar-refractivity contribution >= 4 is 17.5 Å². The molecule has 1 fully saturated rings. The van der Waals surface area contributed by atoms with Gasteiger partial charge >= 0.3 is 11.9 Å². The van der Waals surface area contributed by atoms with Crippen molar-refractivity contribution in [3.05, 3.63) is 26.4 Å². The molecule has 0 spiro atoms. The standard InChI is InChI=1S/C11H18N2O.C9H11F3N4O3/c1-8-11(14)13-10(12-8)7-9-5-3-2-4-6-9;10-9(11,12)2-1-3-16-7(18)4(5(13)14)6(17)15-8(16)19/h9-10H,2-7H2,1H3,(H,13,14);18H,1-3H2,(H3,13,14)(H,15,17,19). The second kappa shape index (κ2) is 11.1. The molecule has 3 rings (SSSR count). The van der Waals surface area contributed by atoms with Crippen LogP contribution in [0.5, 0.6) is 5.88 Å². The van der Waals surface area contributed by atoms with Crippen molar-refractivity contribution in [2.75, 3.05) is 0 Å². The minimum atomic E-state index is -4.38. The lowest BCUT2D eigenvalue weighted by molar-refractivity contribution is -0.136. The number of aromatic nitrogens is 2. The number of rotatable bonds is 6. The molecular weight excluding hydrogens is 445 g/mol. The Morgan fingerprint density at radius 3 is 2.39 bits per heavy atom. The number of halogens is 3. The summed E-state index contributed by atoms with van der Waals surface area (Å²) in [7, 11) is 0. The van der Waals surface area contributed by atoms with Crippen LogP contribution in [0, 0.1) is 11.3 Å². The van der Waals surface area contributed by atoms with Crippen LogP contribution < -0.4 is 22.3 Å². The zero-order chi connectivity index (χ0) is 24.8. The third kappa shape index (κ3) is 7.75. The monoisotopic (exact) mass is 474 g/mol. The largest absolute Gasteiger partial charge is 0.494 e. The fraction of sp³-hybridized carbons (Fsp3) is 0.650. The number of nitrogens with one attached hydrogen (secondary N) is 3. The Labute approximate surface area is 187 Å².